The van der Waals surface area contributed by atoms with E-state index >= 15 is 0 Å². The Hall–Kier alpha value is -2.48. The van der Waals surface area contributed by atoms with Gasteiger partial charge in [-0.1, -0.05) is 41.6 Å². The van der Waals surface area contributed by atoms with E-state index in [0.717, 1.165) is 23.0 Å². The number of aromatic nitrogens is 5. The summed E-state index contributed by atoms with van der Waals surface area (Å²) in [6, 6.07) is 7.80. The fourth-order valence-corrected chi connectivity index (χ4v) is 2.99. The van der Waals surface area contributed by atoms with E-state index in [-0.39, 0.29) is 0 Å². The van der Waals surface area contributed by atoms with Crippen LogP contribution in [0.25, 0.3) is 16.9 Å². The van der Waals surface area contributed by atoms with Crippen molar-refractivity contribution in [3.05, 3.63) is 36.2 Å². The predicted molar refractivity (Wildman–Crippen MR) is 84.1 cm³/mol. The Labute approximate surface area is 136 Å². The van der Waals surface area contributed by atoms with Crippen molar-refractivity contribution in [2.45, 2.75) is 30.5 Å². The van der Waals surface area contributed by atoms with E-state index in [1.54, 1.807) is 11.6 Å². The SMILES string of the molecule is CC[C@H](Sc1ncnc2c1nnn2-c1ccc(C)cc1)C(=O)[O-]. The Morgan fingerprint density at radius 1 is 1.30 bits per heavy atom. The molecular formula is C15H14N5O2S-. The smallest absolute Gasteiger partial charge is 0.187 e. The number of thioether (sulfide) groups is 1. The molecule has 3 aromatic rings. The highest BCUT2D eigenvalue weighted by Crippen LogP contribution is 2.28. The summed E-state index contributed by atoms with van der Waals surface area (Å²) in [5.41, 5.74) is 3.00. The van der Waals surface area contributed by atoms with Gasteiger partial charge in [0, 0.05) is 0 Å². The van der Waals surface area contributed by atoms with Gasteiger partial charge in [-0.25, -0.2) is 9.97 Å². The fraction of sp³-hybridized carbons (Fsp3) is 0.267. The molecule has 0 saturated heterocycles. The molecular weight excluding hydrogens is 314 g/mol. The molecule has 8 heteroatoms. The lowest BCUT2D eigenvalue weighted by atomic mass is 10.2. The number of fused-ring (bicyclic) bond motifs is 1. The van der Waals surface area contributed by atoms with Crippen LogP contribution in [0.2, 0.25) is 0 Å². The average molecular weight is 328 g/mol. The maximum absolute atomic E-state index is 11.1. The van der Waals surface area contributed by atoms with Crippen LogP contribution in [-0.4, -0.2) is 36.2 Å². The summed E-state index contributed by atoms with van der Waals surface area (Å²) in [5, 5.41) is 19.2. The first kappa shape index (κ1) is 15.4. The quantitative estimate of drug-likeness (QED) is 0.512. The van der Waals surface area contributed by atoms with Crippen molar-refractivity contribution in [3.8, 4) is 5.69 Å². The van der Waals surface area contributed by atoms with E-state index in [9.17, 15) is 9.90 Å². The first-order valence-electron chi connectivity index (χ1n) is 7.11. The molecule has 1 atom stereocenters. The molecule has 0 bridgehead atoms. The molecule has 0 aliphatic carbocycles. The van der Waals surface area contributed by atoms with Crippen LogP contribution < -0.4 is 5.11 Å². The second-order valence-corrected chi connectivity index (χ2v) is 6.21. The molecule has 2 heterocycles. The van der Waals surface area contributed by atoms with E-state index in [1.165, 1.54) is 6.33 Å². The van der Waals surface area contributed by atoms with Gasteiger partial charge >= 0.3 is 0 Å². The van der Waals surface area contributed by atoms with Crippen molar-refractivity contribution in [3.63, 3.8) is 0 Å². The maximum Gasteiger partial charge on any atom is 0.187 e. The van der Waals surface area contributed by atoms with Gasteiger partial charge in [-0.3, -0.25) is 0 Å². The van der Waals surface area contributed by atoms with Gasteiger partial charge in [-0.2, -0.15) is 4.68 Å². The highest BCUT2D eigenvalue weighted by molar-refractivity contribution is 8.00. The van der Waals surface area contributed by atoms with Gasteiger partial charge in [-0.15, -0.1) is 5.10 Å². The Bertz CT molecular complexity index is 847. The van der Waals surface area contributed by atoms with Gasteiger partial charge in [-0.05, 0) is 25.5 Å². The first-order valence-corrected chi connectivity index (χ1v) is 7.99. The van der Waals surface area contributed by atoms with Crippen molar-refractivity contribution in [2.24, 2.45) is 0 Å². The van der Waals surface area contributed by atoms with Crippen molar-refractivity contribution >= 4 is 28.9 Å². The zero-order valence-electron chi connectivity index (χ0n) is 12.6. The molecule has 0 spiro atoms. The number of rotatable bonds is 5. The molecule has 0 amide bonds. The third-order valence-corrected chi connectivity index (χ3v) is 4.70. The summed E-state index contributed by atoms with van der Waals surface area (Å²) >= 11 is 1.11. The number of carboxylic acids is 1. The Morgan fingerprint density at radius 3 is 2.70 bits per heavy atom. The number of aryl methyl sites for hydroxylation is 1. The summed E-state index contributed by atoms with van der Waals surface area (Å²) in [6.07, 6.45) is 1.82. The monoisotopic (exact) mass is 328 g/mol. The molecule has 118 valence electrons. The van der Waals surface area contributed by atoms with Gasteiger partial charge < -0.3 is 9.90 Å². The Morgan fingerprint density at radius 2 is 2.04 bits per heavy atom. The Balaban J connectivity index is 2.03. The van der Waals surface area contributed by atoms with Crippen molar-refractivity contribution in [1.29, 1.82) is 0 Å². The van der Waals surface area contributed by atoms with Crippen LogP contribution >= 0.6 is 11.8 Å². The molecule has 2 aromatic heterocycles. The second kappa shape index (κ2) is 6.33. The van der Waals surface area contributed by atoms with E-state index in [0.29, 0.717) is 22.6 Å². The lowest BCUT2D eigenvalue weighted by Crippen LogP contribution is -2.33. The minimum atomic E-state index is -1.12. The molecule has 23 heavy (non-hydrogen) atoms. The van der Waals surface area contributed by atoms with Gasteiger partial charge in [0.05, 0.1) is 16.9 Å². The minimum Gasteiger partial charge on any atom is -0.549 e. The molecule has 3 rings (SSSR count). The van der Waals surface area contributed by atoms with Crippen LogP contribution in [0.4, 0.5) is 0 Å². The van der Waals surface area contributed by atoms with Crippen LogP contribution in [0.1, 0.15) is 18.9 Å². The second-order valence-electron chi connectivity index (χ2n) is 5.02. The summed E-state index contributed by atoms with van der Waals surface area (Å²) in [4.78, 5) is 19.5. The largest absolute Gasteiger partial charge is 0.549 e. The number of aliphatic carboxylic acids is 1. The van der Waals surface area contributed by atoms with Crippen LogP contribution in [-0.2, 0) is 4.79 Å². The molecule has 0 aliphatic heterocycles. The first-order chi connectivity index (χ1) is 11.1. The number of carboxylic acid groups (broad SMARTS) is 1. The molecule has 0 unspecified atom stereocenters. The molecule has 0 saturated carbocycles. The third kappa shape index (κ3) is 3.02. The fourth-order valence-electron chi connectivity index (χ4n) is 2.11. The summed E-state index contributed by atoms with van der Waals surface area (Å²) < 4.78 is 1.61. The standard InChI is InChI=1S/C15H15N5O2S/c1-3-11(15(21)22)23-14-12-13(16-8-17-14)20(19-18-12)10-6-4-9(2)5-7-10/h4-8,11H,3H2,1-2H3,(H,21,22)/p-1/t11-/m0/s1. The zero-order valence-corrected chi connectivity index (χ0v) is 13.4. The third-order valence-electron chi connectivity index (χ3n) is 3.37. The predicted octanol–water partition coefficient (Wildman–Crippen LogP) is 1.14. The van der Waals surface area contributed by atoms with E-state index in [2.05, 4.69) is 20.3 Å². The minimum absolute atomic E-state index is 0.435. The van der Waals surface area contributed by atoms with Gasteiger partial charge in [0.25, 0.3) is 0 Å². The van der Waals surface area contributed by atoms with Gasteiger partial charge in [0.1, 0.15) is 11.4 Å². The van der Waals surface area contributed by atoms with Gasteiger partial charge in [0.15, 0.2) is 11.2 Å². The highest BCUT2D eigenvalue weighted by atomic mass is 32.2. The van der Waals surface area contributed by atoms with Crippen LogP contribution in [0, 0.1) is 6.92 Å². The lowest BCUT2D eigenvalue weighted by molar-refractivity contribution is -0.304. The van der Waals surface area contributed by atoms with Crippen molar-refractivity contribution < 1.29 is 9.90 Å². The molecule has 1 aromatic carbocycles. The van der Waals surface area contributed by atoms with Gasteiger partial charge in [0.2, 0.25) is 0 Å². The molecule has 0 aliphatic rings. The van der Waals surface area contributed by atoms with E-state index < -0.39 is 11.2 Å². The normalized spacial score (nSPS) is 12.4. The van der Waals surface area contributed by atoms with Crippen LogP contribution in [0.15, 0.2) is 35.6 Å². The van der Waals surface area contributed by atoms with Crippen LogP contribution in [0.5, 0.6) is 0 Å². The van der Waals surface area contributed by atoms with E-state index in [4.69, 9.17) is 0 Å². The molecule has 0 fully saturated rings. The molecule has 0 radical (unpaired) electrons. The number of nitrogens with zero attached hydrogens (tertiary/aromatic N) is 5. The lowest BCUT2D eigenvalue weighted by Gasteiger charge is -2.14. The highest BCUT2D eigenvalue weighted by Gasteiger charge is 2.17. The zero-order chi connectivity index (χ0) is 16.4. The van der Waals surface area contributed by atoms with E-state index in [1.807, 2.05) is 31.2 Å². The van der Waals surface area contributed by atoms with Crippen molar-refractivity contribution in [2.75, 3.05) is 0 Å². The molecule has 0 N–H and O–H groups in total. The Kier molecular flexibility index (Phi) is 4.24. The number of carbonyl (C=O) groups is 1. The van der Waals surface area contributed by atoms with Crippen molar-refractivity contribution in [1.82, 2.24) is 25.0 Å². The number of hydrogen-bond donors (Lipinski definition) is 0. The number of hydrogen-bond acceptors (Lipinski definition) is 7. The number of carbonyl (C=O) groups excluding carboxylic acids is 1. The van der Waals surface area contributed by atoms with Crippen LogP contribution in [0.3, 0.4) is 0 Å². The average Bonchev–Trinajstić information content (AvgIpc) is 2.98. The number of benzene rings is 1. The summed E-state index contributed by atoms with van der Waals surface area (Å²) in [5.74, 6) is -1.12. The summed E-state index contributed by atoms with van der Waals surface area (Å²) in [6.45, 7) is 3.79. The topological polar surface area (TPSA) is 96.6 Å². The summed E-state index contributed by atoms with van der Waals surface area (Å²) in [7, 11) is 0. The molecule has 7 nitrogen and oxygen atoms in total. The maximum atomic E-state index is 11.1.